The van der Waals surface area contributed by atoms with Crippen LogP contribution in [0.3, 0.4) is 0 Å². The normalized spacial score (nSPS) is 56.1. The largest absolute Gasteiger partial charge is 0.481 e. The maximum Gasteiger partial charge on any atom is 0.309 e. The fourth-order valence-corrected chi connectivity index (χ4v) is 7.44. The number of hydrogen-bond acceptors (Lipinski definition) is 5. The second-order valence-electron chi connectivity index (χ2n) is 10.0. The third kappa shape index (κ3) is 2.06. The van der Waals surface area contributed by atoms with Crippen LogP contribution in [0.5, 0.6) is 0 Å². The van der Waals surface area contributed by atoms with Gasteiger partial charge in [-0.2, -0.15) is 0 Å². The van der Waals surface area contributed by atoms with E-state index in [0.29, 0.717) is 32.1 Å². The van der Waals surface area contributed by atoms with Crippen LogP contribution in [0.2, 0.25) is 0 Å². The Morgan fingerprint density at radius 2 is 1.77 bits per heavy atom. The molecule has 146 valence electrons. The van der Waals surface area contributed by atoms with Crippen molar-refractivity contribution in [1.82, 2.24) is 0 Å². The molecule has 0 radical (unpaired) electrons. The molecule has 0 unspecified atom stereocenters. The number of carboxylic acid groups (broad SMARTS) is 1. The SMILES string of the molecule is C[C@@]12CC[C@@H]3[C@@](CC(=O)O1)(C2)[C@@H](O)C[C@H]1[C@@]3(C)[C@@H](O)CC[C@@]1(C)C(=O)O. The van der Waals surface area contributed by atoms with Gasteiger partial charge in [-0.15, -0.1) is 0 Å². The summed E-state index contributed by atoms with van der Waals surface area (Å²) in [5.41, 5.74) is -2.77. The van der Waals surface area contributed by atoms with E-state index in [4.69, 9.17) is 4.74 Å². The number of aliphatic hydroxyl groups excluding tert-OH is 2. The van der Waals surface area contributed by atoms with Crippen LogP contribution in [0.25, 0.3) is 0 Å². The molecule has 0 aromatic rings. The molecule has 6 heteroatoms. The number of aliphatic carboxylic acids is 1. The number of aliphatic hydroxyl groups is 2. The predicted molar refractivity (Wildman–Crippen MR) is 92.1 cm³/mol. The maximum atomic E-state index is 12.4. The van der Waals surface area contributed by atoms with Gasteiger partial charge in [0, 0.05) is 10.8 Å². The van der Waals surface area contributed by atoms with Crippen molar-refractivity contribution in [2.45, 2.75) is 83.5 Å². The van der Waals surface area contributed by atoms with E-state index in [1.54, 1.807) is 6.92 Å². The average molecular weight is 366 g/mol. The summed E-state index contributed by atoms with van der Waals surface area (Å²) >= 11 is 0. The number of rotatable bonds is 1. The van der Waals surface area contributed by atoms with E-state index >= 15 is 0 Å². The molecular weight excluding hydrogens is 336 g/mol. The van der Waals surface area contributed by atoms with Gasteiger partial charge in [-0.25, -0.2) is 0 Å². The molecule has 0 amide bonds. The Balaban J connectivity index is 1.84. The van der Waals surface area contributed by atoms with Gasteiger partial charge in [0.15, 0.2) is 0 Å². The van der Waals surface area contributed by atoms with Gasteiger partial charge < -0.3 is 20.1 Å². The van der Waals surface area contributed by atoms with Crippen molar-refractivity contribution in [3.8, 4) is 0 Å². The summed E-state index contributed by atoms with van der Waals surface area (Å²) in [6.45, 7) is 5.70. The highest BCUT2D eigenvalue weighted by Gasteiger charge is 2.71. The summed E-state index contributed by atoms with van der Waals surface area (Å²) in [4.78, 5) is 24.5. The van der Waals surface area contributed by atoms with Crippen LogP contribution < -0.4 is 0 Å². The molecule has 1 spiro atoms. The monoisotopic (exact) mass is 366 g/mol. The number of ether oxygens (including phenoxy) is 1. The Labute approximate surface area is 153 Å². The molecule has 0 aromatic carbocycles. The molecule has 0 aromatic heterocycles. The van der Waals surface area contributed by atoms with Crippen molar-refractivity contribution in [3.63, 3.8) is 0 Å². The molecule has 3 aliphatic carbocycles. The van der Waals surface area contributed by atoms with Crippen LogP contribution in [0.4, 0.5) is 0 Å². The third-order valence-corrected chi connectivity index (χ3v) is 8.73. The number of carboxylic acids is 1. The van der Waals surface area contributed by atoms with E-state index in [9.17, 15) is 24.9 Å². The van der Waals surface area contributed by atoms with Crippen LogP contribution in [-0.2, 0) is 14.3 Å². The molecule has 4 aliphatic rings. The van der Waals surface area contributed by atoms with Gasteiger partial charge in [0.2, 0.25) is 0 Å². The van der Waals surface area contributed by atoms with E-state index in [2.05, 4.69) is 0 Å². The lowest BCUT2D eigenvalue weighted by atomic mass is 9.37. The zero-order chi connectivity index (χ0) is 19.1. The van der Waals surface area contributed by atoms with Gasteiger partial charge in [-0.1, -0.05) is 6.92 Å². The van der Waals surface area contributed by atoms with Crippen LogP contribution in [0.15, 0.2) is 0 Å². The van der Waals surface area contributed by atoms with Crippen molar-refractivity contribution in [2.75, 3.05) is 0 Å². The second-order valence-corrected chi connectivity index (χ2v) is 10.0. The van der Waals surface area contributed by atoms with Crippen LogP contribution in [0, 0.1) is 28.1 Å². The molecule has 3 N–H and O–H groups in total. The zero-order valence-electron chi connectivity index (χ0n) is 15.8. The lowest BCUT2D eigenvalue weighted by molar-refractivity contribution is -0.277. The first-order valence-electron chi connectivity index (χ1n) is 9.79. The molecule has 26 heavy (non-hydrogen) atoms. The van der Waals surface area contributed by atoms with E-state index in [0.717, 1.165) is 6.42 Å². The van der Waals surface area contributed by atoms with Crippen molar-refractivity contribution in [2.24, 2.45) is 28.1 Å². The Morgan fingerprint density at radius 1 is 1.08 bits per heavy atom. The summed E-state index contributed by atoms with van der Waals surface area (Å²) in [7, 11) is 0. The second kappa shape index (κ2) is 5.22. The van der Waals surface area contributed by atoms with Crippen molar-refractivity contribution >= 4 is 11.9 Å². The van der Waals surface area contributed by atoms with Crippen molar-refractivity contribution < 1.29 is 29.6 Å². The summed E-state index contributed by atoms with van der Waals surface area (Å²) in [6, 6.07) is 0. The summed E-state index contributed by atoms with van der Waals surface area (Å²) < 4.78 is 5.61. The number of carbonyl (C=O) groups is 2. The van der Waals surface area contributed by atoms with Crippen LogP contribution >= 0.6 is 0 Å². The molecule has 1 aliphatic heterocycles. The number of carbonyl (C=O) groups excluding carboxylic acids is 1. The van der Waals surface area contributed by atoms with E-state index in [1.165, 1.54) is 0 Å². The van der Waals surface area contributed by atoms with E-state index in [-0.39, 0.29) is 24.2 Å². The Kier molecular flexibility index (Phi) is 3.66. The van der Waals surface area contributed by atoms with Crippen LogP contribution in [-0.4, -0.2) is 45.1 Å². The molecule has 4 fully saturated rings. The Bertz CT molecular complexity index is 663. The molecule has 6 nitrogen and oxygen atoms in total. The summed E-state index contributed by atoms with van der Waals surface area (Å²) in [6.07, 6.45) is 1.99. The third-order valence-electron chi connectivity index (χ3n) is 8.73. The fourth-order valence-electron chi connectivity index (χ4n) is 7.44. The first-order chi connectivity index (χ1) is 12.0. The lowest BCUT2D eigenvalue weighted by Crippen LogP contribution is -2.70. The first kappa shape index (κ1) is 18.2. The lowest BCUT2D eigenvalue weighted by Gasteiger charge is -2.69. The van der Waals surface area contributed by atoms with Gasteiger partial charge in [0.05, 0.1) is 24.0 Å². The Hall–Kier alpha value is -1.14. The zero-order valence-corrected chi connectivity index (χ0v) is 15.8. The van der Waals surface area contributed by atoms with Gasteiger partial charge >= 0.3 is 11.9 Å². The van der Waals surface area contributed by atoms with Gasteiger partial charge in [0.1, 0.15) is 5.60 Å². The standard InChI is InChI=1S/C20H30O6/c1-17-6-4-11-19(3)12(18(2,16(24)25)7-5-13(19)21)8-14(22)20(11,10-17)9-15(23)26-17/h11-14,21-22H,4-10H2,1-3H3,(H,24,25)/t11-,12+,13-,14-,17-,18+,19-,20+/m0/s1. The summed E-state index contributed by atoms with van der Waals surface area (Å²) in [5.74, 6) is -1.54. The quantitative estimate of drug-likeness (QED) is 0.614. The average Bonchev–Trinajstić information content (AvgIpc) is 2.52. The topological polar surface area (TPSA) is 104 Å². The van der Waals surface area contributed by atoms with Gasteiger partial charge in [-0.05, 0) is 64.2 Å². The Morgan fingerprint density at radius 3 is 2.42 bits per heavy atom. The van der Waals surface area contributed by atoms with Crippen molar-refractivity contribution in [3.05, 3.63) is 0 Å². The highest BCUT2D eigenvalue weighted by molar-refractivity contribution is 5.75. The molecule has 4 rings (SSSR count). The molecule has 2 bridgehead atoms. The van der Waals surface area contributed by atoms with Gasteiger partial charge in [-0.3, -0.25) is 9.59 Å². The molecular formula is C20H30O6. The van der Waals surface area contributed by atoms with Crippen LogP contribution in [0.1, 0.15) is 65.7 Å². The molecule has 1 heterocycles. The molecule has 3 saturated carbocycles. The molecule has 8 atom stereocenters. The fraction of sp³-hybridized carbons (Fsp3) is 0.900. The summed E-state index contributed by atoms with van der Waals surface area (Å²) in [5, 5.41) is 32.2. The maximum absolute atomic E-state index is 12.4. The van der Waals surface area contributed by atoms with Crippen molar-refractivity contribution in [1.29, 1.82) is 0 Å². The van der Waals surface area contributed by atoms with E-state index < -0.39 is 40.0 Å². The van der Waals surface area contributed by atoms with E-state index in [1.807, 2.05) is 13.8 Å². The first-order valence-corrected chi connectivity index (χ1v) is 9.79. The highest BCUT2D eigenvalue weighted by Crippen LogP contribution is 2.70. The minimum atomic E-state index is -0.966. The number of esters is 1. The smallest absolute Gasteiger partial charge is 0.309 e. The van der Waals surface area contributed by atoms with Gasteiger partial charge in [0.25, 0.3) is 0 Å². The minimum absolute atomic E-state index is 0.0846. The highest BCUT2D eigenvalue weighted by atomic mass is 16.6. The molecule has 1 saturated heterocycles. The minimum Gasteiger partial charge on any atom is -0.481 e. The number of fused-ring (bicyclic) bond motifs is 3. The predicted octanol–water partition coefficient (Wildman–Crippen LogP) is 2.11. The number of hydrogen-bond donors (Lipinski definition) is 3.